The van der Waals surface area contributed by atoms with Crippen LogP contribution >= 0.6 is 34.5 Å². The van der Waals surface area contributed by atoms with Gasteiger partial charge in [-0.2, -0.15) is 0 Å². The van der Waals surface area contributed by atoms with Gasteiger partial charge in [0, 0.05) is 22.2 Å². The Kier molecular flexibility index (Phi) is 4.40. The van der Waals surface area contributed by atoms with Crippen LogP contribution in [0.2, 0.25) is 10.0 Å². The number of hydrogen-bond acceptors (Lipinski definition) is 5. The third kappa shape index (κ3) is 3.11. The van der Waals surface area contributed by atoms with Gasteiger partial charge in [-0.25, -0.2) is 0 Å². The maximum atomic E-state index is 10.1. The van der Waals surface area contributed by atoms with Crippen LogP contribution < -0.4 is 5.32 Å². The molecule has 0 radical (unpaired) electrons. The molecule has 2 aromatic rings. The lowest BCUT2D eigenvalue weighted by Gasteiger charge is -2.14. The fourth-order valence-electron chi connectivity index (χ4n) is 1.48. The van der Waals surface area contributed by atoms with E-state index in [2.05, 4.69) is 15.5 Å². The molecule has 18 heavy (non-hydrogen) atoms. The van der Waals surface area contributed by atoms with Crippen LogP contribution in [0.15, 0.2) is 18.2 Å². The molecule has 0 saturated heterocycles. The van der Waals surface area contributed by atoms with Crippen molar-refractivity contribution in [2.24, 2.45) is 0 Å². The summed E-state index contributed by atoms with van der Waals surface area (Å²) in [5, 5.41) is 23.3. The van der Waals surface area contributed by atoms with Crippen molar-refractivity contribution in [2.75, 3.05) is 11.9 Å². The minimum atomic E-state index is -0.796. The molecule has 7 heteroatoms. The Morgan fingerprint density at radius 2 is 2.00 bits per heavy atom. The van der Waals surface area contributed by atoms with E-state index in [9.17, 15) is 5.11 Å². The van der Waals surface area contributed by atoms with E-state index >= 15 is 0 Å². The molecule has 1 aromatic carbocycles. The van der Waals surface area contributed by atoms with Crippen molar-refractivity contribution in [3.05, 3.63) is 38.8 Å². The van der Waals surface area contributed by atoms with Crippen LogP contribution in [0.25, 0.3) is 0 Å². The third-order valence-corrected chi connectivity index (χ3v) is 3.76. The quantitative estimate of drug-likeness (QED) is 0.910. The second kappa shape index (κ2) is 5.84. The van der Waals surface area contributed by atoms with Gasteiger partial charge in [0.25, 0.3) is 0 Å². The summed E-state index contributed by atoms with van der Waals surface area (Å²) < 4.78 is 0. The number of aryl methyl sites for hydroxylation is 1. The second-order valence-corrected chi connectivity index (χ2v) is 5.65. The molecule has 0 aliphatic heterocycles. The topological polar surface area (TPSA) is 58.0 Å². The highest BCUT2D eigenvalue weighted by molar-refractivity contribution is 7.15. The van der Waals surface area contributed by atoms with Crippen molar-refractivity contribution in [1.29, 1.82) is 0 Å². The summed E-state index contributed by atoms with van der Waals surface area (Å²) >= 11 is 13.4. The molecule has 2 rings (SSSR count). The van der Waals surface area contributed by atoms with E-state index in [1.807, 2.05) is 6.92 Å². The third-order valence-electron chi connectivity index (χ3n) is 2.31. The van der Waals surface area contributed by atoms with Crippen molar-refractivity contribution < 1.29 is 5.11 Å². The number of benzene rings is 1. The molecule has 1 aromatic heterocycles. The van der Waals surface area contributed by atoms with E-state index < -0.39 is 6.10 Å². The van der Waals surface area contributed by atoms with E-state index in [-0.39, 0.29) is 6.54 Å². The summed E-state index contributed by atoms with van der Waals surface area (Å²) in [6, 6.07) is 5.13. The molecular weight excluding hydrogens is 293 g/mol. The Balaban J connectivity index is 2.06. The lowest BCUT2D eigenvalue weighted by atomic mass is 10.1. The standard InChI is InChI=1S/C11H11Cl2N3OS/c1-6-15-16-11(18-6)14-5-9(17)10-7(12)3-2-4-8(10)13/h2-4,9,17H,5H2,1H3,(H,14,16). The van der Waals surface area contributed by atoms with Gasteiger partial charge in [-0.1, -0.05) is 40.6 Å². The highest BCUT2D eigenvalue weighted by Gasteiger charge is 2.15. The first-order valence-electron chi connectivity index (χ1n) is 5.24. The lowest BCUT2D eigenvalue weighted by molar-refractivity contribution is 0.192. The first-order chi connectivity index (χ1) is 8.58. The molecule has 4 nitrogen and oxygen atoms in total. The molecule has 0 bridgehead atoms. The Morgan fingerprint density at radius 3 is 2.56 bits per heavy atom. The molecule has 1 heterocycles. The molecule has 0 amide bonds. The predicted octanol–water partition coefficient (Wildman–Crippen LogP) is 3.30. The van der Waals surface area contributed by atoms with Crippen LogP contribution in [0.5, 0.6) is 0 Å². The Labute approximate surface area is 119 Å². The van der Waals surface area contributed by atoms with Gasteiger partial charge < -0.3 is 10.4 Å². The number of halogens is 2. The molecule has 2 N–H and O–H groups in total. The summed E-state index contributed by atoms with van der Waals surface area (Å²) in [5.41, 5.74) is 0.523. The molecule has 1 atom stereocenters. The predicted molar refractivity (Wildman–Crippen MR) is 74.6 cm³/mol. The van der Waals surface area contributed by atoms with Gasteiger partial charge in [-0.05, 0) is 19.1 Å². The summed E-state index contributed by atoms with van der Waals surface area (Å²) in [4.78, 5) is 0. The molecule has 0 aliphatic carbocycles. The first-order valence-corrected chi connectivity index (χ1v) is 6.81. The van der Waals surface area contributed by atoms with Crippen LogP contribution in [0.3, 0.4) is 0 Å². The van der Waals surface area contributed by atoms with Crippen molar-refractivity contribution in [3.63, 3.8) is 0 Å². The number of nitrogens with one attached hydrogen (secondary N) is 1. The Hall–Kier alpha value is -0.880. The molecule has 1 unspecified atom stereocenters. The molecule has 0 aliphatic rings. The maximum Gasteiger partial charge on any atom is 0.205 e. The highest BCUT2D eigenvalue weighted by Crippen LogP contribution is 2.30. The fraction of sp³-hybridized carbons (Fsp3) is 0.273. The van der Waals surface area contributed by atoms with Gasteiger partial charge in [-0.3, -0.25) is 0 Å². The monoisotopic (exact) mass is 303 g/mol. The van der Waals surface area contributed by atoms with Crippen molar-refractivity contribution >= 4 is 39.7 Å². The summed E-state index contributed by atoms with van der Waals surface area (Å²) in [6.45, 7) is 2.14. The summed E-state index contributed by atoms with van der Waals surface area (Å²) in [6.07, 6.45) is -0.796. The maximum absolute atomic E-state index is 10.1. The molecular formula is C11H11Cl2N3OS. The first kappa shape index (κ1) is 13.5. The van der Waals surface area contributed by atoms with Gasteiger partial charge in [0.2, 0.25) is 5.13 Å². The van der Waals surface area contributed by atoms with Crippen LogP contribution in [0.4, 0.5) is 5.13 Å². The zero-order valence-corrected chi connectivity index (χ0v) is 11.9. The molecule has 96 valence electrons. The van der Waals surface area contributed by atoms with Crippen LogP contribution in [0, 0.1) is 6.92 Å². The fourth-order valence-corrected chi connectivity index (χ4v) is 2.73. The number of rotatable bonds is 4. The average Bonchev–Trinajstić information content (AvgIpc) is 2.72. The van der Waals surface area contributed by atoms with Gasteiger partial charge in [0.05, 0.1) is 6.10 Å². The zero-order chi connectivity index (χ0) is 13.1. The van der Waals surface area contributed by atoms with Gasteiger partial charge in [0.1, 0.15) is 5.01 Å². The van der Waals surface area contributed by atoms with E-state index in [0.29, 0.717) is 20.7 Å². The van der Waals surface area contributed by atoms with E-state index in [0.717, 1.165) is 5.01 Å². The number of hydrogen-bond donors (Lipinski definition) is 2. The van der Waals surface area contributed by atoms with E-state index in [1.54, 1.807) is 18.2 Å². The summed E-state index contributed by atoms with van der Waals surface area (Å²) in [7, 11) is 0. The summed E-state index contributed by atoms with van der Waals surface area (Å²) in [5.74, 6) is 0. The van der Waals surface area contributed by atoms with E-state index in [4.69, 9.17) is 23.2 Å². The number of aromatic nitrogens is 2. The van der Waals surface area contributed by atoms with Crippen molar-refractivity contribution in [3.8, 4) is 0 Å². The molecule has 0 saturated carbocycles. The van der Waals surface area contributed by atoms with Gasteiger partial charge in [0.15, 0.2) is 0 Å². The Bertz CT molecular complexity index is 527. The number of aliphatic hydroxyl groups is 1. The Morgan fingerprint density at radius 1 is 1.33 bits per heavy atom. The molecule has 0 spiro atoms. The number of anilines is 1. The number of nitrogens with zero attached hydrogens (tertiary/aromatic N) is 2. The SMILES string of the molecule is Cc1nnc(NCC(O)c2c(Cl)cccc2Cl)s1. The van der Waals surface area contributed by atoms with Crippen LogP contribution in [0.1, 0.15) is 16.7 Å². The largest absolute Gasteiger partial charge is 0.386 e. The van der Waals surface area contributed by atoms with Gasteiger partial charge >= 0.3 is 0 Å². The zero-order valence-electron chi connectivity index (χ0n) is 9.52. The van der Waals surface area contributed by atoms with Crippen LogP contribution in [-0.2, 0) is 0 Å². The molecule has 0 fully saturated rings. The van der Waals surface area contributed by atoms with Crippen molar-refractivity contribution in [2.45, 2.75) is 13.0 Å². The second-order valence-electron chi connectivity index (χ2n) is 3.66. The minimum absolute atomic E-state index is 0.276. The number of aliphatic hydroxyl groups excluding tert-OH is 1. The lowest BCUT2D eigenvalue weighted by Crippen LogP contribution is -2.13. The van der Waals surface area contributed by atoms with Crippen LogP contribution in [-0.4, -0.2) is 21.8 Å². The minimum Gasteiger partial charge on any atom is -0.386 e. The smallest absolute Gasteiger partial charge is 0.205 e. The highest BCUT2D eigenvalue weighted by atomic mass is 35.5. The van der Waals surface area contributed by atoms with Gasteiger partial charge in [-0.15, -0.1) is 10.2 Å². The average molecular weight is 304 g/mol. The van der Waals surface area contributed by atoms with Crippen molar-refractivity contribution in [1.82, 2.24) is 10.2 Å². The van der Waals surface area contributed by atoms with E-state index in [1.165, 1.54) is 11.3 Å². The normalized spacial score (nSPS) is 12.4.